The molecule has 0 amide bonds. The summed E-state index contributed by atoms with van der Waals surface area (Å²) >= 11 is 0. The van der Waals surface area contributed by atoms with E-state index in [2.05, 4.69) is 47.6 Å². The zero-order valence-electron chi connectivity index (χ0n) is 23.4. The van der Waals surface area contributed by atoms with Gasteiger partial charge in [0.1, 0.15) is 0 Å². The summed E-state index contributed by atoms with van der Waals surface area (Å²) < 4.78 is 0. The number of hydrogen-bond acceptors (Lipinski definition) is 4. The highest BCUT2D eigenvalue weighted by Gasteiger charge is 2.70. The van der Waals surface area contributed by atoms with Crippen molar-refractivity contribution in [1.29, 1.82) is 0 Å². The minimum atomic E-state index is -0.812. The van der Waals surface area contributed by atoms with Crippen molar-refractivity contribution >= 4 is 5.97 Å². The van der Waals surface area contributed by atoms with Crippen LogP contribution in [-0.2, 0) is 4.79 Å². The molecule has 0 saturated heterocycles. The average molecular weight is 503 g/mol. The van der Waals surface area contributed by atoms with Crippen molar-refractivity contribution in [3.8, 4) is 0 Å². The number of allylic oxidation sites excluding steroid dienone is 2. The van der Waals surface area contributed by atoms with Crippen molar-refractivity contribution in [2.24, 2.45) is 50.2 Å². The maximum Gasteiger partial charge on any atom is 0.310 e. The van der Waals surface area contributed by atoms with Crippen LogP contribution in [0.2, 0.25) is 0 Å². The first-order valence-electron chi connectivity index (χ1n) is 14.5. The van der Waals surface area contributed by atoms with Crippen molar-refractivity contribution in [3.05, 3.63) is 11.6 Å². The van der Waals surface area contributed by atoms with E-state index >= 15 is 0 Å². The van der Waals surface area contributed by atoms with Gasteiger partial charge in [-0.1, -0.05) is 53.2 Å². The molecule has 4 N–H and O–H groups in total. The monoisotopic (exact) mass is 502 g/mol. The van der Waals surface area contributed by atoms with E-state index in [9.17, 15) is 25.2 Å². The summed E-state index contributed by atoms with van der Waals surface area (Å²) in [4.78, 5) is 12.8. The van der Waals surface area contributed by atoms with E-state index in [1.54, 1.807) is 0 Å². The zero-order chi connectivity index (χ0) is 26.5. The second kappa shape index (κ2) is 8.05. The maximum absolute atomic E-state index is 12.8. The van der Waals surface area contributed by atoms with Gasteiger partial charge in [-0.15, -0.1) is 0 Å². The molecule has 5 aliphatic carbocycles. The Morgan fingerprint density at radius 1 is 0.944 bits per heavy atom. The Hall–Kier alpha value is -0.910. The smallest absolute Gasteiger partial charge is 0.310 e. The van der Waals surface area contributed by atoms with Crippen LogP contribution in [0.3, 0.4) is 0 Å². The molecule has 0 aliphatic heterocycles. The Morgan fingerprint density at radius 2 is 1.61 bits per heavy atom. The van der Waals surface area contributed by atoms with Gasteiger partial charge in [0, 0.05) is 12.0 Å². The molecule has 5 aliphatic rings. The van der Waals surface area contributed by atoms with Crippen molar-refractivity contribution in [3.63, 3.8) is 0 Å². The highest BCUT2D eigenvalue weighted by Crippen LogP contribution is 2.76. The SMILES string of the molecule is CC1(C)CC[C@]2(C(=O)O)CC[C@]3(C)C(=CC[C@H]4[C@]5(C)C[C@H](O)[C@H](O)[C@@](C)(CCO)[C@H]5CC[C@]43C)[C@H]2C1. The van der Waals surface area contributed by atoms with Gasteiger partial charge in [0.15, 0.2) is 0 Å². The van der Waals surface area contributed by atoms with Crippen LogP contribution >= 0.6 is 0 Å². The third kappa shape index (κ3) is 3.21. The van der Waals surface area contributed by atoms with Gasteiger partial charge < -0.3 is 20.4 Å². The molecule has 5 heteroatoms. The first kappa shape index (κ1) is 26.7. The highest BCUT2D eigenvalue weighted by molar-refractivity contribution is 5.76. The van der Waals surface area contributed by atoms with E-state index < -0.39 is 29.0 Å². The van der Waals surface area contributed by atoms with Crippen LogP contribution in [0.5, 0.6) is 0 Å². The number of aliphatic hydroxyl groups is 3. The van der Waals surface area contributed by atoms with E-state index in [-0.39, 0.29) is 40.1 Å². The Balaban J connectivity index is 1.60. The standard InChI is InChI=1S/C31H50O5/c1-26(2)11-13-31(25(35)36)14-12-29(5)19(20(31)17-26)7-8-23-28(4)18-21(33)24(34)27(3,15-16-32)22(28)9-10-30(23,29)6/h7,20-24,32-34H,8-18H2,1-6H3,(H,35,36)/t20-,21+,22-,23+,24+,27+,28-,29-,30-,31+/m1/s1. The van der Waals surface area contributed by atoms with Crippen molar-refractivity contribution < 1.29 is 25.2 Å². The van der Waals surface area contributed by atoms with Gasteiger partial charge in [0.25, 0.3) is 0 Å². The molecule has 36 heavy (non-hydrogen) atoms. The fourth-order valence-electron chi connectivity index (χ4n) is 11.1. The lowest BCUT2D eigenvalue weighted by Gasteiger charge is -2.71. The molecule has 0 heterocycles. The number of aliphatic carboxylic acids is 1. The molecule has 10 atom stereocenters. The van der Waals surface area contributed by atoms with Gasteiger partial charge in [-0.2, -0.15) is 0 Å². The largest absolute Gasteiger partial charge is 0.481 e. The van der Waals surface area contributed by atoms with Crippen molar-refractivity contribution in [2.75, 3.05) is 6.61 Å². The van der Waals surface area contributed by atoms with E-state index in [0.717, 1.165) is 51.4 Å². The number of carbonyl (C=O) groups is 1. The fourth-order valence-corrected chi connectivity index (χ4v) is 11.1. The third-order valence-electron chi connectivity index (χ3n) is 13.5. The minimum Gasteiger partial charge on any atom is -0.481 e. The zero-order valence-corrected chi connectivity index (χ0v) is 23.4. The summed E-state index contributed by atoms with van der Waals surface area (Å²) in [5.41, 5.74) is 0.237. The fraction of sp³-hybridized carbons (Fsp3) is 0.903. The molecule has 0 aromatic heterocycles. The Bertz CT molecular complexity index is 957. The summed E-state index contributed by atoms with van der Waals surface area (Å²) in [5.74, 6) is 0.0892. The molecule has 5 rings (SSSR count). The van der Waals surface area contributed by atoms with Crippen LogP contribution in [0.1, 0.15) is 106 Å². The van der Waals surface area contributed by atoms with Gasteiger partial charge in [0.2, 0.25) is 0 Å². The molecule has 204 valence electrons. The van der Waals surface area contributed by atoms with Gasteiger partial charge >= 0.3 is 5.97 Å². The highest BCUT2D eigenvalue weighted by atomic mass is 16.4. The second-order valence-corrected chi connectivity index (χ2v) is 15.4. The number of hydrogen-bond donors (Lipinski definition) is 4. The van der Waals surface area contributed by atoms with Crippen LogP contribution in [0, 0.1) is 50.2 Å². The summed E-state index contributed by atoms with van der Waals surface area (Å²) in [6.45, 7) is 14.0. The number of fused-ring (bicyclic) bond motifs is 7. The molecule has 0 unspecified atom stereocenters. The Labute approximate surface area is 217 Å². The van der Waals surface area contributed by atoms with Gasteiger partial charge in [-0.05, 0) is 104 Å². The van der Waals surface area contributed by atoms with Crippen LogP contribution in [-0.4, -0.2) is 45.2 Å². The number of carboxylic acid groups (broad SMARTS) is 1. The maximum atomic E-state index is 12.8. The minimum absolute atomic E-state index is 0.0106. The molecular weight excluding hydrogens is 452 g/mol. The molecule has 4 saturated carbocycles. The molecule has 0 bridgehead atoms. The first-order valence-corrected chi connectivity index (χ1v) is 14.5. The predicted molar refractivity (Wildman–Crippen MR) is 140 cm³/mol. The van der Waals surface area contributed by atoms with Crippen LogP contribution < -0.4 is 0 Å². The normalized spacial score (nSPS) is 53.8. The van der Waals surface area contributed by atoms with E-state index in [0.29, 0.717) is 18.8 Å². The first-order chi connectivity index (χ1) is 16.6. The van der Waals surface area contributed by atoms with Crippen LogP contribution in [0.4, 0.5) is 0 Å². The van der Waals surface area contributed by atoms with E-state index in [1.165, 1.54) is 5.57 Å². The Kier molecular flexibility index (Phi) is 5.97. The number of rotatable bonds is 3. The quantitative estimate of drug-likeness (QED) is 0.379. The molecule has 5 nitrogen and oxygen atoms in total. The summed E-state index contributed by atoms with van der Waals surface area (Å²) in [5, 5.41) is 42.7. The van der Waals surface area contributed by atoms with Crippen LogP contribution in [0.15, 0.2) is 11.6 Å². The van der Waals surface area contributed by atoms with Gasteiger partial charge in [0.05, 0.1) is 17.6 Å². The van der Waals surface area contributed by atoms with Crippen LogP contribution in [0.25, 0.3) is 0 Å². The lowest BCUT2D eigenvalue weighted by Crippen LogP contribution is -2.67. The summed E-state index contributed by atoms with van der Waals surface area (Å²) in [6, 6.07) is 0. The molecule has 0 aromatic rings. The summed E-state index contributed by atoms with van der Waals surface area (Å²) in [6.07, 6.45) is 9.25. The van der Waals surface area contributed by atoms with E-state index in [4.69, 9.17) is 0 Å². The molecule has 4 fully saturated rings. The lowest BCUT2D eigenvalue weighted by molar-refractivity contribution is -0.239. The topological polar surface area (TPSA) is 98.0 Å². The molecule has 0 radical (unpaired) electrons. The van der Waals surface area contributed by atoms with Gasteiger partial charge in [-0.3, -0.25) is 4.79 Å². The molecular formula is C31H50O5. The third-order valence-corrected chi connectivity index (χ3v) is 13.5. The second-order valence-electron chi connectivity index (χ2n) is 15.4. The molecule has 0 aromatic carbocycles. The van der Waals surface area contributed by atoms with Crippen molar-refractivity contribution in [2.45, 2.75) is 118 Å². The average Bonchev–Trinajstić information content (AvgIpc) is 2.77. The predicted octanol–water partition coefficient (Wildman–Crippen LogP) is 5.57. The van der Waals surface area contributed by atoms with Gasteiger partial charge in [-0.25, -0.2) is 0 Å². The number of aliphatic hydroxyl groups excluding tert-OH is 3. The molecule has 0 spiro atoms. The number of carboxylic acids is 1. The Morgan fingerprint density at radius 3 is 2.25 bits per heavy atom. The summed E-state index contributed by atoms with van der Waals surface area (Å²) in [7, 11) is 0. The van der Waals surface area contributed by atoms with Crippen molar-refractivity contribution in [1.82, 2.24) is 0 Å². The van der Waals surface area contributed by atoms with E-state index in [1.807, 2.05) is 0 Å². The lowest BCUT2D eigenvalue weighted by atomic mass is 9.33.